The lowest BCUT2D eigenvalue weighted by molar-refractivity contribution is -0.130. The number of hydrogen-bond acceptors (Lipinski definition) is 3. The molecular weight excluding hydrogens is 347 g/mol. The molecular formula is C17H26Cl2N4O. The molecule has 2 aromatic rings. The van der Waals surface area contributed by atoms with Crippen molar-refractivity contribution in [1.82, 2.24) is 14.9 Å². The Morgan fingerprint density at radius 2 is 2.17 bits per heavy atom. The van der Waals surface area contributed by atoms with Crippen molar-refractivity contribution in [2.75, 3.05) is 19.6 Å². The maximum Gasteiger partial charge on any atom is 0.223 e. The Labute approximate surface area is 155 Å². The summed E-state index contributed by atoms with van der Waals surface area (Å²) in [4.78, 5) is 22.2. The van der Waals surface area contributed by atoms with E-state index in [1.807, 2.05) is 17.0 Å². The van der Waals surface area contributed by atoms with Gasteiger partial charge in [-0.3, -0.25) is 4.79 Å². The molecule has 0 aliphatic carbocycles. The quantitative estimate of drug-likeness (QED) is 0.866. The van der Waals surface area contributed by atoms with Crippen molar-refractivity contribution in [1.29, 1.82) is 0 Å². The molecule has 1 amide bonds. The van der Waals surface area contributed by atoms with Gasteiger partial charge in [0.1, 0.15) is 5.82 Å². The Morgan fingerprint density at radius 1 is 1.42 bits per heavy atom. The van der Waals surface area contributed by atoms with E-state index in [1.54, 1.807) is 0 Å². The molecule has 2 heterocycles. The minimum Gasteiger partial charge on any atom is -0.342 e. The van der Waals surface area contributed by atoms with Gasteiger partial charge in [0.25, 0.3) is 0 Å². The zero-order valence-electron chi connectivity index (χ0n) is 14.2. The fourth-order valence-corrected chi connectivity index (χ4v) is 3.13. The number of fused-ring (bicyclic) bond motifs is 1. The van der Waals surface area contributed by atoms with Crippen LogP contribution in [0, 0.1) is 12.3 Å². The number of H-pyrrole nitrogens is 1. The summed E-state index contributed by atoms with van der Waals surface area (Å²) in [6.45, 7) is 6.45. The molecule has 0 saturated carbocycles. The minimum absolute atomic E-state index is 0. The largest absolute Gasteiger partial charge is 0.342 e. The molecule has 5 nitrogen and oxygen atoms in total. The van der Waals surface area contributed by atoms with E-state index in [-0.39, 0.29) is 36.1 Å². The van der Waals surface area contributed by atoms with E-state index in [1.165, 1.54) is 0 Å². The third-order valence-corrected chi connectivity index (χ3v) is 4.74. The molecule has 3 N–H and O–H groups in total. The zero-order chi connectivity index (χ0) is 15.7. The van der Waals surface area contributed by atoms with Crippen LogP contribution in [0.2, 0.25) is 0 Å². The molecule has 1 aromatic heterocycles. The van der Waals surface area contributed by atoms with E-state index in [2.05, 4.69) is 29.9 Å². The minimum atomic E-state index is 0. The van der Waals surface area contributed by atoms with Crippen molar-refractivity contribution in [3.8, 4) is 0 Å². The van der Waals surface area contributed by atoms with Crippen LogP contribution in [-0.2, 0) is 11.2 Å². The van der Waals surface area contributed by atoms with Crippen molar-refractivity contribution >= 4 is 41.8 Å². The maximum absolute atomic E-state index is 12.3. The summed E-state index contributed by atoms with van der Waals surface area (Å²) in [6, 6.07) is 6.09. The molecule has 134 valence electrons. The number of amides is 1. The number of aromatic nitrogens is 2. The first-order valence-electron chi connectivity index (χ1n) is 7.93. The number of nitrogens with two attached hydrogens (primary N) is 1. The Kier molecular flexibility index (Phi) is 7.08. The monoisotopic (exact) mass is 372 g/mol. The van der Waals surface area contributed by atoms with Gasteiger partial charge in [0.15, 0.2) is 0 Å². The Bertz CT molecular complexity index is 703. The number of carbonyl (C=O) groups is 1. The number of halogens is 2. The summed E-state index contributed by atoms with van der Waals surface area (Å²) >= 11 is 0. The fourth-order valence-electron chi connectivity index (χ4n) is 3.13. The van der Waals surface area contributed by atoms with Crippen LogP contribution >= 0.6 is 24.8 Å². The summed E-state index contributed by atoms with van der Waals surface area (Å²) in [5, 5.41) is 0. The van der Waals surface area contributed by atoms with Gasteiger partial charge in [-0.25, -0.2) is 4.98 Å². The summed E-state index contributed by atoms with van der Waals surface area (Å²) in [6.07, 6.45) is 2.15. The van der Waals surface area contributed by atoms with Gasteiger partial charge in [-0.1, -0.05) is 19.1 Å². The molecule has 3 rings (SSSR count). The highest BCUT2D eigenvalue weighted by Gasteiger charge is 2.34. The van der Waals surface area contributed by atoms with E-state index in [0.29, 0.717) is 19.4 Å². The number of nitrogens with one attached hydrogen (secondary N) is 1. The summed E-state index contributed by atoms with van der Waals surface area (Å²) < 4.78 is 0. The van der Waals surface area contributed by atoms with Crippen molar-refractivity contribution in [2.24, 2.45) is 11.1 Å². The van der Waals surface area contributed by atoms with Gasteiger partial charge in [-0.2, -0.15) is 0 Å². The van der Waals surface area contributed by atoms with Crippen LogP contribution in [0.4, 0.5) is 0 Å². The van der Waals surface area contributed by atoms with Crippen molar-refractivity contribution in [3.05, 3.63) is 29.6 Å². The third kappa shape index (κ3) is 4.21. The van der Waals surface area contributed by atoms with E-state index >= 15 is 0 Å². The lowest BCUT2D eigenvalue weighted by atomic mass is 9.90. The molecule has 1 atom stereocenters. The van der Waals surface area contributed by atoms with Gasteiger partial charge in [-0.15, -0.1) is 24.8 Å². The number of aryl methyl sites for hydroxylation is 2. The average Bonchev–Trinajstić information content (AvgIpc) is 3.10. The van der Waals surface area contributed by atoms with Crippen molar-refractivity contribution in [2.45, 2.75) is 33.1 Å². The number of hydrogen-bond donors (Lipinski definition) is 2. The number of aromatic amines is 1. The number of carbonyl (C=O) groups excluding carboxylic acids is 1. The first-order chi connectivity index (χ1) is 10.5. The van der Waals surface area contributed by atoms with Crippen LogP contribution in [0.1, 0.15) is 31.2 Å². The fraction of sp³-hybridized carbons (Fsp3) is 0.529. The Balaban J connectivity index is 0.00000144. The standard InChI is InChI=1S/C17H24N4O.2ClH/c1-12-4-3-5-13-16(12)20-14(19-13)6-7-15(22)21-9-8-17(2,10-18)11-21;;/h3-5H,6-11,18H2,1-2H3,(H,19,20);2*1H. The Morgan fingerprint density at radius 3 is 2.79 bits per heavy atom. The molecule has 1 aliphatic heterocycles. The first kappa shape index (κ1) is 20.7. The van der Waals surface area contributed by atoms with Crippen LogP contribution in [0.15, 0.2) is 18.2 Å². The highest BCUT2D eigenvalue weighted by Crippen LogP contribution is 2.29. The second kappa shape index (κ2) is 8.19. The van der Waals surface area contributed by atoms with Crippen LogP contribution < -0.4 is 5.73 Å². The van der Waals surface area contributed by atoms with E-state index in [0.717, 1.165) is 41.9 Å². The van der Waals surface area contributed by atoms with Crippen LogP contribution in [0.3, 0.4) is 0 Å². The predicted molar refractivity (Wildman–Crippen MR) is 102 cm³/mol. The molecule has 1 unspecified atom stereocenters. The van der Waals surface area contributed by atoms with E-state index < -0.39 is 0 Å². The zero-order valence-corrected chi connectivity index (χ0v) is 15.8. The predicted octanol–water partition coefficient (Wildman–Crippen LogP) is 2.84. The second-order valence-electron chi connectivity index (χ2n) is 6.73. The lowest BCUT2D eigenvalue weighted by Gasteiger charge is -2.22. The topological polar surface area (TPSA) is 75.0 Å². The SMILES string of the molecule is Cc1cccc2[nH]c(CCC(=O)N3CCC(C)(CN)C3)nc12.Cl.Cl. The smallest absolute Gasteiger partial charge is 0.223 e. The van der Waals surface area contributed by atoms with Gasteiger partial charge in [0.05, 0.1) is 11.0 Å². The molecule has 1 aliphatic rings. The second-order valence-corrected chi connectivity index (χ2v) is 6.73. The number of nitrogens with zero attached hydrogens (tertiary/aromatic N) is 2. The highest BCUT2D eigenvalue weighted by atomic mass is 35.5. The number of para-hydroxylation sites is 1. The molecule has 0 bridgehead atoms. The van der Waals surface area contributed by atoms with E-state index in [9.17, 15) is 4.79 Å². The maximum atomic E-state index is 12.3. The molecule has 0 radical (unpaired) electrons. The van der Waals surface area contributed by atoms with Gasteiger partial charge < -0.3 is 15.6 Å². The number of imidazole rings is 1. The highest BCUT2D eigenvalue weighted by molar-refractivity contribution is 5.85. The van der Waals surface area contributed by atoms with Crippen LogP contribution in [0.5, 0.6) is 0 Å². The summed E-state index contributed by atoms with van der Waals surface area (Å²) in [5.74, 6) is 1.09. The lowest BCUT2D eigenvalue weighted by Crippen LogP contribution is -2.34. The van der Waals surface area contributed by atoms with Gasteiger partial charge in [0.2, 0.25) is 5.91 Å². The molecule has 24 heavy (non-hydrogen) atoms. The molecule has 7 heteroatoms. The normalized spacial score (nSPS) is 19.9. The molecule has 0 spiro atoms. The molecule has 1 saturated heterocycles. The molecule has 1 fully saturated rings. The van der Waals surface area contributed by atoms with Crippen LogP contribution in [0.25, 0.3) is 11.0 Å². The number of benzene rings is 1. The van der Waals surface area contributed by atoms with Crippen molar-refractivity contribution < 1.29 is 4.79 Å². The number of rotatable bonds is 4. The third-order valence-electron chi connectivity index (χ3n) is 4.74. The van der Waals surface area contributed by atoms with Crippen molar-refractivity contribution in [3.63, 3.8) is 0 Å². The molecule has 1 aromatic carbocycles. The average molecular weight is 373 g/mol. The van der Waals surface area contributed by atoms with Crippen LogP contribution in [-0.4, -0.2) is 40.4 Å². The number of likely N-dealkylation sites (tertiary alicyclic amines) is 1. The van der Waals surface area contributed by atoms with Gasteiger partial charge >= 0.3 is 0 Å². The van der Waals surface area contributed by atoms with Gasteiger partial charge in [0, 0.05) is 25.9 Å². The summed E-state index contributed by atoms with van der Waals surface area (Å²) in [5.41, 5.74) is 9.09. The van der Waals surface area contributed by atoms with E-state index in [4.69, 9.17) is 5.73 Å². The summed E-state index contributed by atoms with van der Waals surface area (Å²) in [7, 11) is 0. The van der Waals surface area contributed by atoms with Gasteiger partial charge in [-0.05, 0) is 36.9 Å². The Hall–Kier alpha value is -1.30. The first-order valence-corrected chi connectivity index (χ1v) is 7.93.